The molecule has 0 aliphatic carbocycles. The third kappa shape index (κ3) is 3.66. The molecule has 0 aromatic rings. The molecule has 4 heteroatoms. The molecule has 0 saturated heterocycles. The minimum atomic E-state index is -1.08. The zero-order chi connectivity index (χ0) is 7.28. The van der Waals surface area contributed by atoms with Crippen molar-refractivity contribution in [2.45, 2.75) is 18.9 Å². The molecule has 3 N–H and O–H groups in total. The van der Waals surface area contributed by atoms with Gasteiger partial charge in [-0.15, -0.1) is 0 Å². The highest BCUT2D eigenvalue weighted by Crippen LogP contribution is 1.90. The maximum atomic E-state index is 9.95. The van der Waals surface area contributed by atoms with E-state index in [9.17, 15) is 9.59 Å². The van der Waals surface area contributed by atoms with E-state index in [-0.39, 0.29) is 12.8 Å². The van der Waals surface area contributed by atoms with Crippen LogP contribution in [0.25, 0.3) is 0 Å². The lowest BCUT2D eigenvalue weighted by molar-refractivity contribution is -0.138. The normalized spacial score (nSPS) is 12.6. The molecule has 0 aliphatic heterocycles. The molecule has 0 spiro atoms. The van der Waals surface area contributed by atoms with Gasteiger partial charge in [-0.2, -0.15) is 0 Å². The first-order chi connectivity index (χ1) is 4.18. The smallest absolute Gasteiger partial charge is 0.320 e. The zero-order valence-corrected chi connectivity index (χ0v) is 4.83. The number of nitrogens with two attached hydrogens (primary N) is 1. The molecule has 0 aromatic heterocycles. The Labute approximate surface area is 52.7 Å². The van der Waals surface area contributed by atoms with E-state index >= 15 is 0 Å². The SMILES string of the molecule is NC(CC[C]=O)C(=O)O. The highest BCUT2D eigenvalue weighted by molar-refractivity contribution is 5.73. The molecule has 51 valence electrons. The Bertz CT molecular complexity index is 113. The fraction of sp³-hybridized carbons (Fsp3) is 0.600. The molecule has 0 aliphatic rings. The van der Waals surface area contributed by atoms with E-state index in [4.69, 9.17) is 10.8 Å². The van der Waals surface area contributed by atoms with Gasteiger partial charge in [-0.3, -0.25) is 9.59 Å². The summed E-state index contributed by atoms with van der Waals surface area (Å²) in [6.07, 6.45) is 1.82. The number of carbonyl (C=O) groups excluding carboxylic acids is 1. The van der Waals surface area contributed by atoms with Gasteiger partial charge in [0.05, 0.1) is 0 Å². The Morgan fingerprint density at radius 1 is 1.78 bits per heavy atom. The molecule has 0 saturated carbocycles. The minimum Gasteiger partial charge on any atom is -0.480 e. The first kappa shape index (κ1) is 8.10. The van der Waals surface area contributed by atoms with Gasteiger partial charge >= 0.3 is 5.97 Å². The van der Waals surface area contributed by atoms with Gasteiger partial charge in [-0.1, -0.05) is 0 Å². The molecule has 0 heterocycles. The van der Waals surface area contributed by atoms with Gasteiger partial charge in [0.25, 0.3) is 0 Å². The summed E-state index contributed by atoms with van der Waals surface area (Å²) in [5, 5.41) is 8.15. The largest absolute Gasteiger partial charge is 0.480 e. The van der Waals surface area contributed by atoms with Crippen molar-refractivity contribution in [3.63, 3.8) is 0 Å². The van der Waals surface area contributed by atoms with Gasteiger partial charge in [-0.05, 0) is 6.42 Å². The van der Waals surface area contributed by atoms with Crippen molar-refractivity contribution in [2.75, 3.05) is 0 Å². The highest BCUT2D eigenvalue weighted by atomic mass is 16.4. The fourth-order valence-electron chi connectivity index (χ4n) is 0.338. The number of carboxylic acids is 1. The van der Waals surface area contributed by atoms with Crippen LogP contribution in [0.3, 0.4) is 0 Å². The van der Waals surface area contributed by atoms with Crippen LogP contribution in [0.4, 0.5) is 0 Å². The van der Waals surface area contributed by atoms with E-state index in [1.807, 2.05) is 0 Å². The Hall–Kier alpha value is -0.900. The molecule has 0 aromatic carbocycles. The summed E-state index contributed by atoms with van der Waals surface area (Å²) in [4.78, 5) is 19.5. The predicted molar refractivity (Wildman–Crippen MR) is 30.5 cm³/mol. The van der Waals surface area contributed by atoms with Crippen LogP contribution < -0.4 is 5.73 Å². The average Bonchev–Trinajstić information content (AvgIpc) is 1.82. The molecule has 1 atom stereocenters. The monoisotopic (exact) mass is 130 g/mol. The number of aliphatic carboxylic acids is 1. The second kappa shape index (κ2) is 4.03. The van der Waals surface area contributed by atoms with Crippen molar-refractivity contribution in [3.05, 3.63) is 0 Å². The second-order valence-electron chi connectivity index (χ2n) is 1.63. The van der Waals surface area contributed by atoms with Crippen molar-refractivity contribution in [2.24, 2.45) is 5.73 Å². The van der Waals surface area contributed by atoms with Crippen molar-refractivity contribution >= 4 is 12.3 Å². The molecule has 9 heavy (non-hydrogen) atoms. The summed E-state index contributed by atoms with van der Waals surface area (Å²) < 4.78 is 0. The standard InChI is InChI=1S/C5H8NO3/c6-4(5(8)9)2-1-3-7/h4H,1-2,6H2,(H,8,9). The van der Waals surface area contributed by atoms with Crippen LogP contribution in [0.15, 0.2) is 0 Å². The van der Waals surface area contributed by atoms with Gasteiger partial charge in [0.1, 0.15) is 6.04 Å². The van der Waals surface area contributed by atoms with Crippen molar-refractivity contribution < 1.29 is 14.7 Å². The maximum absolute atomic E-state index is 9.95. The molecule has 4 nitrogen and oxygen atoms in total. The summed E-state index contributed by atoms with van der Waals surface area (Å²) in [7, 11) is 0. The molecule has 0 fully saturated rings. The number of carboxylic acid groups (broad SMARTS) is 1. The summed E-state index contributed by atoms with van der Waals surface area (Å²) >= 11 is 0. The number of hydrogen-bond acceptors (Lipinski definition) is 3. The zero-order valence-electron chi connectivity index (χ0n) is 4.83. The molecular weight excluding hydrogens is 122 g/mol. The lowest BCUT2D eigenvalue weighted by Gasteiger charge is -1.99. The third-order valence-electron chi connectivity index (χ3n) is 0.875. The summed E-state index contributed by atoms with van der Waals surface area (Å²) in [5.74, 6) is -1.08. The van der Waals surface area contributed by atoms with Crippen molar-refractivity contribution in [1.29, 1.82) is 0 Å². The Kier molecular flexibility index (Phi) is 3.62. The number of hydrogen-bond donors (Lipinski definition) is 2. The topological polar surface area (TPSA) is 80.4 Å². The molecule has 1 radical (unpaired) electrons. The lowest BCUT2D eigenvalue weighted by atomic mass is 10.2. The average molecular weight is 130 g/mol. The summed E-state index contributed by atoms with van der Waals surface area (Å²) in [6, 6.07) is -0.925. The summed E-state index contributed by atoms with van der Waals surface area (Å²) in [5.41, 5.74) is 5.02. The van der Waals surface area contributed by atoms with E-state index in [1.54, 1.807) is 6.29 Å². The van der Waals surface area contributed by atoms with Crippen molar-refractivity contribution in [3.8, 4) is 0 Å². The molecule has 0 rings (SSSR count). The Morgan fingerprint density at radius 2 is 2.33 bits per heavy atom. The van der Waals surface area contributed by atoms with E-state index in [1.165, 1.54) is 0 Å². The first-order valence-electron chi connectivity index (χ1n) is 2.52. The van der Waals surface area contributed by atoms with E-state index in [2.05, 4.69) is 0 Å². The first-order valence-corrected chi connectivity index (χ1v) is 2.52. The van der Waals surface area contributed by atoms with Crippen LogP contribution in [0.1, 0.15) is 12.8 Å². The van der Waals surface area contributed by atoms with Crippen LogP contribution >= 0.6 is 0 Å². The number of rotatable bonds is 4. The minimum absolute atomic E-state index is 0.0907. The van der Waals surface area contributed by atoms with Gasteiger partial charge in [-0.25, -0.2) is 0 Å². The lowest BCUT2D eigenvalue weighted by Crippen LogP contribution is -2.29. The molecule has 1 unspecified atom stereocenters. The van der Waals surface area contributed by atoms with E-state index in [0.717, 1.165) is 0 Å². The molecular formula is C5H8NO3. The van der Waals surface area contributed by atoms with Crippen LogP contribution in [-0.2, 0) is 9.59 Å². The molecule has 0 bridgehead atoms. The van der Waals surface area contributed by atoms with Gasteiger partial charge in [0.2, 0.25) is 0 Å². The Balaban J connectivity index is 3.37. The summed E-state index contributed by atoms with van der Waals surface area (Å²) in [6.45, 7) is 0. The maximum Gasteiger partial charge on any atom is 0.320 e. The van der Waals surface area contributed by atoms with Crippen LogP contribution in [0.5, 0.6) is 0 Å². The molecule has 0 amide bonds. The van der Waals surface area contributed by atoms with E-state index < -0.39 is 12.0 Å². The fourth-order valence-corrected chi connectivity index (χ4v) is 0.338. The van der Waals surface area contributed by atoms with Crippen LogP contribution in [0, 0.1) is 0 Å². The van der Waals surface area contributed by atoms with Gasteiger partial charge in [0, 0.05) is 6.42 Å². The third-order valence-corrected chi connectivity index (χ3v) is 0.875. The predicted octanol–water partition coefficient (Wildman–Crippen LogP) is -0.712. The Morgan fingerprint density at radius 3 is 2.67 bits per heavy atom. The quantitative estimate of drug-likeness (QED) is 0.526. The van der Waals surface area contributed by atoms with Gasteiger partial charge in [0.15, 0.2) is 6.29 Å². The van der Waals surface area contributed by atoms with Crippen molar-refractivity contribution in [1.82, 2.24) is 0 Å². The second-order valence-corrected chi connectivity index (χ2v) is 1.63. The van der Waals surface area contributed by atoms with Gasteiger partial charge < -0.3 is 10.8 Å². The number of carbonyl (C=O) groups is 1. The van der Waals surface area contributed by atoms with Crippen LogP contribution in [0.2, 0.25) is 0 Å². The van der Waals surface area contributed by atoms with E-state index in [0.29, 0.717) is 0 Å². The van der Waals surface area contributed by atoms with Crippen LogP contribution in [-0.4, -0.2) is 23.4 Å². The highest BCUT2D eigenvalue weighted by Gasteiger charge is 2.09.